The number of nitrogens with one attached hydrogen (secondary N) is 1. The molecule has 1 aliphatic heterocycles. The predicted molar refractivity (Wildman–Crippen MR) is 93.6 cm³/mol. The van der Waals surface area contributed by atoms with Crippen molar-refractivity contribution in [2.24, 2.45) is 0 Å². The molecule has 1 atom stereocenters. The van der Waals surface area contributed by atoms with Crippen LogP contribution in [-0.2, 0) is 9.47 Å². The summed E-state index contributed by atoms with van der Waals surface area (Å²) in [7, 11) is 1.65. The zero-order valence-corrected chi connectivity index (χ0v) is 15.0. The molecule has 1 aromatic rings. The molecule has 1 fully saturated rings. The number of likely N-dealkylation sites (tertiary alicyclic amines) is 1. The van der Waals surface area contributed by atoms with Crippen LogP contribution in [0.5, 0.6) is 5.75 Å². The van der Waals surface area contributed by atoms with Crippen LogP contribution >= 0.6 is 0 Å². The fourth-order valence-corrected chi connectivity index (χ4v) is 2.50. The molecule has 24 heavy (non-hydrogen) atoms. The first-order chi connectivity index (χ1) is 11.4. The molecular formula is C18H28N2O4. The van der Waals surface area contributed by atoms with Crippen molar-refractivity contribution in [1.82, 2.24) is 4.90 Å². The second kappa shape index (κ2) is 8.24. The van der Waals surface area contributed by atoms with Gasteiger partial charge in [-0.25, -0.2) is 4.79 Å². The van der Waals surface area contributed by atoms with Crippen molar-refractivity contribution in [1.29, 1.82) is 0 Å². The average Bonchev–Trinajstić information content (AvgIpc) is 2.96. The normalized spacial score (nSPS) is 17.7. The van der Waals surface area contributed by atoms with Crippen LogP contribution in [0.25, 0.3) is 0 Å². The van der Waals surface area contributed by atoms with Crippen LogP contribution in [0.3, 0.4) is 0 Å². The molecule has 6 heteroatoms. The Balaban J connectivity index is 1.79. The number of ether oxygens (including phenoxy) is 3. The standard InChI is InChI=1S/C18H28N2O4/c1-18(2,3)24-17(21)20-10-9-15(13-20)19-14-5-7-16(8-6-14)23-12-11-22-4/h5-8,15,19H,9-13H2,1-4H3. The maximum atomic E-state index is 12.1. The summed E-state index contributed by atoms with van der Waals surface area (Å²) >= 11 is 0. The van der Waals surface area contributed by atoms with Gasteiger partial charge in [-0.05, 0) is 51.5 Å². The summed E-state index contributed by atoms with van der Waals surface area (Å²) in [5.41, 5.74) is 0.562. The maximum absolute atomic E-state index is 12.1. The first-order valence-electron chi connectivity index (χ1n) is 8.33. The Hall–Kier alpha value is -1.95. The Morgan fingerprint density at radius 1 is 1.25 bits per heavy atom. The van der Waals surface area contributed by atoms with Crippen LogP contribution in [0.1, 0.15) is 27.2 Å². The summed E-state index contributed by atoms with van der Waals surface area (Å²) in [6.45, 7) is 8.12. The largest absolute Gasteiger partial charge is 0.491 e. The van der Waals surface area contributed by atoms with E-state index in [-0.39, 0.29) is 12.1 Å². The van der Waals surface area contributed by atoms with Gasteiger partial charge in [0.1, 0.15) is 18.0 Å². The highest BCUT2D eigenvalue weighted by Crippen LogP contribution is 2.21. The molecule has 2 rings (SSSR count). The second-order valence-corrected chi connectivity index (χ2v) is 6.92. The van der Waals surface area contributed by atoms with Gasteiger partial charge in [0.05, 0.1) is 6.61 Å². The number of hydrogen-bond donors (Lipinski definition) is 1. The molecule has 0 saturated carbocycles. The number of benzene rings is 1. The number of amides is 1. The Labute approximate surface area is 144 Å². The molecule has 1 N–H and O–H groups in total. The molecule has 0 bridgehead atoms. The van der Waals surface area contributed by atoms with Crippen LogP contribution < -0.4 is 10.1 Å². The zero-order chi connectivity index (χ0) is 17.6. The van der Waals surface area contributed by atoms with Crippen molar-refractivity contribution in [3.63, 3.8) is 0 Å². The van der Waals surface area contributed by atoms with E-state index in [2.05, 4.69) is 5.32 Å². The summed E-state index contributed by atoms with van der Waals surface area (Å²) in [6.07, 6.45) is 0.666. The van der Waals surface area contributed by atoms with Gasteiger partial charge in [0.15, 0.2) is 0 Å². The van der Waals surface area contributed by atoms with Gasteiger partial charge in [-0.2, -0.15) is 0 Å². The highest BCUT2D eigenvalue weighted by molar-refractivity contribution is 5.68. The lowest BCUT2D eigenvalue weighted by molar-refractivity contribution is 0.0293. The smallest absolute Gasteiger partial charge is 0.410 e. The van der Waals surface area contributed by atoms with Crippen LogP contribution in [0.15, 0.2) is 24.3 Å². The summed E-state index contributed by atoms with van der Waals surface area (Å²) in [4.78, 5) is 13.8. The lowest BCUT2D eigenvalue weighted by Gasteiger charge is -2.24. The summed E-state index contributed by atoms with van der Waals surface area (Å²) in [5, 5.41) is 3.45. The number of methoxy groups -OCH3 is 1. The molecular weight excluding hydrogens is 308 g/mol. The van der Waals surface area contributed by atoms with E-state index in [9.17, 15) is 4.79 Å². The monoisotopic (exact) mass is 336 g/mol. The van der Waals surface area contributed by atoms with Gasteiger partial charge in [-0.3, -0.25) is 0 Å². The molecule has 0 radical (unpaired) electrons. The maximum Gasteiger partial charge on any atom is 0.410 e. The topological polar surface area (TPSA) is 60.0 Å². The summed E-state index contributed by atoms with van der Waals surface area (Å²) < 4.78 is 15.9. The highest BCUT2D eigenvalue weighted by Gasteiger charge is 2.29. The molecule has 1 saturated heterocycles. The Morgan fingerprint density at radius 3 is 2.58 bits per heavy atom. The first kappa shape index (κ1) is 18.4. The Bertz CT molecular complexity index is 525. The fourth-order valence-electron chi connectivity index (χ4n) is 2.50. The van der Waals surface area contributed by atoms with E-state index in [1.54, 1.807) is 12.0 Å². The molecule has 0 spiro atoms. The van der Waals surface area contributed by atoms with Crippen LogP contribution in [0, 0.1) is 0 Å². The van der Waals surface area contributed by atoms with E-state index in [1.807, 2.05) is 45.0 Å². The molecule has 1 amide bonds. The molecule has 0 aliphatic carbocycles. The van der Waals surface area contributed by atoms with Crippen LogP contribution in [0.2, 0.25) is 0 Å². The summed E-state index contributed by atoms with van der Waals surface area (Å²) in [5.74, 6) is 0.819. The van der Waals surface area contributed by atoms with Gasteiger partial charge < -0.3 is 24.4 Å². The summed E-state index contributed by atoms with van der Waals surface area (Å²) in [6, 6.07) is 8.06. The number of nitrogens with zero attached hydrogens (tertiary/aromatic N) is 1. The molecule has 1 unspecified atom stereocenters. The van der Waals surface area contributed by atoms with Gasteiger partial charge in [0.2, 0.25) is 0 Å². The quantitative estimate of drug-likeness (QED) is 0.809. The molecule has 6 nitrogen and oxygen atoms in total. The third-order valence-electron chi connectivity index (χ3n) is 3.62. The third-order valence-corrected chi connectivity index (χ3v) is 3.62. The number of anilines is 1. The van der Waals surface area contributed by atoms with Gasteiger partial charge in [-0.15, -0.1) is 0 Å². The van der Waals surface area contributed by atoms with E-state index in [1.165, 1.54) is 0 Å². The van der Waals surface area contributed by atoms with E-state index >= 15 is 0 Å². The molecule has 0 aromatic heterocycles. The Morgan fingerprint density at radius 2 is 1.96 bits per heavy atom. The molecule has 134 valence electrons. The van der Waals surface area contributed by atoms with E-state index in [0.717, 1.165) is 17.9 Å². The van der Waals surface area contributed by atoms with Gasteiger partial charge in [0.25, 0.3) is 0 Å². The van der Waals surface area contributed by atoms with Gasteiger partial charge in [-0.1, -0.05) is 0 Å². The van der Waals surface area contributed by atoms with E-state index < -0.39 is 5.60 Å². The first-order valence-corrected chi connectivity index (χ1v) is 8.33. The lowest BCUT2D eigenvalue weighted by atomic mass is 10.2. The van der Waals surface area contributed by atoms with Crippen molar-refractivity contribution < 1.29 is 19.0 Å². The van der Waals surface area contributed by atoms with Crippen molar-refractivity contribution >= 4 is 11.8 Å². The SMILES string of the molecule is COCCOc1ccc(NC2CCN(C(=O)OC(C)(C)C)C2)cc1. The van der Waals surface area contributed by atoms with Crippen molar-refractivity contribution in [3.05, 3.63) is 24.3 Å². The number of carbonyl (C=O) groups excluding carboxylic acids is 1. The van der Waals surface area contributed by atoms with E-state index in [4.69, 9.17) is 14.2 Å². The zero-order valence-electron chi connectivity index (χ0n) is 15.0. The van der Waals surface area contributed by atoms with Crippen molar-refractivity contribution in [2.75, 3.05) is 38.7 Å². The minimum Gasteiger partial charge on any atom is -0.491 e. The average molecular weight is 336 g/mol. The van der Waals surface area contributed by atoms with Gasteiger partial charge >= 0.3 is 6.09 Å². The molecule has 1 aliphatic rings. The minimum atomic E-state index is -0.457. The second-order valence-electron chi connectivity index (χ2n) is 6.92. The Kier molecular flexibility index (Phi) is 6.31. The molecule has 1 heterocycles. The van der Waals surface area contributed by atoms with E-state index in [0.29, 0.717) is 26.3 Å². The number of rotatable bonds is 6. The third kappa shape index (κ3) is 5.92. The van der Waals surface area contributed by atoms with Gasteiger partial charge in [0, 0.05) is 31.9 Å². The minimum absolute atomic E-state index is 0.234. The molecule has 1 aromatic carbocycles. The number of carbonyl (C=O) groups is 1. The number of hydrogen-bond acceptors (Lipinski definition) is 5. The fraction of sp³-hybridized carbons (Fsp3) is 0.611. The van der Waals surface area contributed by atoms with Crippen molar-refractivity contribution in [3.8, 4) is 5.75 Å². The predicted octanol–water partition coefficient (Wildman–Crippen LogP) is 3.13. The lowest BCUT2D eigenvalue weighted by Crippen LogP contribution is -2.36. The van der Waals surface area contributed by atoms with Crippen molar-refractivity contribution in [2.45, 2.75) is 38.8 Å². The van der Waals surface area contributed by atoms with Crippen LogP contribution in [0.4, 0.5) is 10.5 Å². The van der Waals surface area contributed by atoms with Crippen LogP contribution in [-0.4, -0.2) is 56.0 Å². The highest BCUT2D eigenvalue weighted by atomic mass is 16.6.